The zero-order valence-electron chi connectivity index (χ0n) is 7.49. The summed E-state index contributed by atoms with van der Waals surface area (Å²) in [6.07, 6.45) is 1.72. The lowest BCUT2D eigenvalue weighted by Gasteiger charge is -2.10. The first-order chi connectivity index (χ1) is 5.84. The Kier molecular flexibility index (Phi) is 3.33. The number of benzene rings is 1. The molecule has 0 bridgehead atoms. The lowest BCUT2D eigenvalue weighted by atomic mass is 10.1. The molecule has 0 spiro atoms. The summed E-state index contributed by atoms with van der Waals surface area (Å²) in [7, 11) is 1.75. The molecule has 2 heteroatoms. The molecule has 1 aromatic rings. The van der Waals surface area contributed by atoms with Gasteiger partial charge in [-0.2, -0.15) is 0 Å². The number of hydrogen-bond donors (Lipinski definition) is 1. The Labute approximate surface area is 73.3 Å². The third kappa shape index (κ3) is 2.38. The van der Waals surface area contributed by atoms with Crippen molar-refractivity contribution >= 4 is 6.34 Å². The van der Waals surface area contributed by atoms with Gasteiger partial charge in [-0.05, 0) is 12.5 Å². The molecule has 1 atom stereocenters. The first-order valence-corrected chi connectivity index (χ1v) is 4.06. The number of nitrogens with one attached hydrogen (secondary N) is 1. The van der Waals surface area contributed by atoms with Gasteiger partial charge in [-0.3, -0.25) is 4.99 Å². The van der Waals surface area contributed by atoms with Crippen LogP contribution in [-0.4, -0.2) is 13.4 Å². The molecule has 0 radical (unpaired) electrons. The van der Waals surface area contributed by atoms with E-state index in [-0.39, 0.29) is 0 Å². The maximum absolute atomic E-state index is 3.87. The second-order valence-electron chi connectivity index (χ2n) is 2.69. The van der Waals surface area contributed by atoms with Crippen LogP contribution in [0.2, 0.25) is 0 Å². The maximum Gasteiger partial charge on any atom is 0.0825 e. The Morgan fingerprint density at radius 1 is 1.33 bits per heavy atom. The fourth-order valence-corrected chi connectivity index (χ4v) is 1.02. The Bertz CT molecular complexity index is 241. The third-order valence-corrected chi connectivity index (χ3v) is 1.75. The summed E-state index contributed by atoms with van der Waals surface area (Å²) in [5, 5.41) is 3.16. The molecular weight excluding hydrogens is 148 g/mol. The van der Waals surface area contributed by atoms with Crippen LogP contribution < -0.4 is 5.32 Å². The summed E-state index contributed by atoms with van der Waals surface area (Å²) < 4.78 is 0. The normalized spacial score (nSPS) is 13.2. The fourth-order valence-electron chi connectivity index (χ4n) is 1.02. The van der Waals surface area contributed by atoms with Crippen LogP contribution in [0.1, 0.15) is 18.5 Å². The quantitative estimate of drug-likeness (QED) is 0.533. The van der Waals surface area contributed by atoms with E-state index in [9.17, 15) is 0 Å². The molecule has 0 aliphatic rings. The van der Waals surface area contributed by atoms with E-state index < -0.39 is 0 Å². The molecule has 0 saturated carbocycles. The van der Waals surface area contributed by atoms with Gasteiger partial charge < -0.3 is 5.32 Å². The van der Waals surface area contributed by atoms with Crippen molar-refractivity contribution in [2.45, 2.75) is 13.0 Å². The highest BCUT2D eigenvalue weighted by atomic mass is 14.9. The zero-order chi connectivity index (χ0) is 8.81. The van der Waals surface area contributed by atoms with Gasteiger partial charge in [0.15, 0.2) is 0 Å². The van der Waals surface area contributed by atoms with E-state index in [0.717, 1.165) is 0 Å². The summed E-state index contributed by atoms with van der Waals surface area (Å²) in [5.41, 5.74) is 1.28. The van der Waals surface area contributed by atoms with Gasteiger partial charge in [0.2, 0.25) is 0 Å². The second-order valence-corrected chi connectivity index (χ2v) is 2.69. The molecule has 0 amide bonds. The molecule has 1 unspecified atom stereocenters. The van der Waals surface area contributed by atoms with E-state index in [1.54, 1.807) is 13.4 Å². The van der Waals surface area contributed by atoms with Crippen LogP contribution >= 0.6 is 0 Å². The van der Waals surface area contributed by atoms with Gasteiger partial charge in [0, 0.05) is 13.1 Å². The topological polar surface area (TPSA) is 24.4 Å². The molecule has 0 aliphatic carbocycles. The maximum atomic E-state index is 3.87. The molecule has 0 aliphatic heterocycles. The molecule has 0 fully saturated rings. The van der Waals surface area contributed by atoms with Crippen LogP contribution in [-0.2, 0) is 0 Å². The van der Waals surface area contributed by atoms with Gasteiger partial charge in [0.1, 0.15) is 0 Å². The molecule has 1 aromatic carbocycles. The van der Waals surface area contributed by atoms with Gasteiger partial charge in [-0.25, -0.2) is 0 Å². The highest BCUT2D eigenvalue weighted by Gasteiger charge is 1.99. The molecule has 0 heterocycles. The fraction of sp³-hybridized carbons (Fsp3) is 0.300. The van der Waals surface area contributed by atoms with E-state index in [1.807, 2.05) is 18.2 Å². The van der Waals surface area contributed by atoms with Crippen molar-refractivity contribution in [3.63, 3.8) is 0 Å². The third-order valence-electron chi connectivity index (χ3n) is 1.75. The average Bonchev–Trinajstić information content (AvgIpc) is 2.15. The SMILES string of the molecule is CN=CNC(C)c1ccccc1. The van der Waals surface area contributed by atoms with Crippen molar-refractivity contribution in [1.82, 2.24) is 5.32 Å². The lowest BCUT2D eigenvalue weighted by Crippen LogP contribution is -2.15. The van der Waals surface area contributed by atoms with Crippen molar-refractivity contribution in [2.24, 2.45) is 4.99 Å². The van der Waals surface area contributed by atoms with Crippen LogP contribution in [0.25, 0.3) is 0 Å². The number of rotatable bonds is 3. The van der Waals surface area contributed by atoms with E-state index in [4.69, 9.17) is 0 Å². The Balaban J connectivity index is 2.59. The summed E-state index contributed by atoms with van der Waals surface area (Å²) >= 11 is 0. The molecule has 1 N–H and O–H groups in total. The van der Waals surface area contributed by atoms with Gasteiger partial charge in [-0.1, -0.05) is 30.3 Å². The monoisotopic (exact) mass is 162 g/mol. The van der Waals surface area contributed by atoms with Crippen molar-refractivity contribution in [3.05, 3.63) is 35.9 Å². The van der Waals surface area contributed by atoms with Crippen molar-refractivity contribution < 1.29 is 0 Å². The van der Waals surface area contributed by atoms with E-state index in [1.165, 1.54) is 5.56 Å². The van der Waals surface area contributed by atoms with Crippen molar-refractivity contribution in [3.8, 4) is 0 Å². The van der Waals surface area contributed by atoms with E-state index in [0.29, 0.717) is 6.04 Å². The first kappa shape index (κ1) is 8.78. The molecule has 64 valence electrons. The van der Waals surface area contributed by atoms with E-state index >= 15 is 0 Å². The molecular formula is C10H14N2. The standard InChI is InChI=1S/C10H14N2/c1-9(12-8-11-2)10-6-4-3-5-7-10/h3-9H,1-2H3,(H,11,12). The Morgan fingerprint density at radius 2 is 2.00 bits per heavy atom. The predicted octanol–water partition coefficient (Wildman–Crippen LogP) is 2.00. The van der Waals surface area contributed by atoms with Crippen LogP contribution in [0.3, 0.4) is 0 Å². The van der Waals surface area contributed by atoms with Gasteiger partial charge in [0.25, 0.3) is 0 Å². The van der Waals surface area contributed by atoms with E-state index in [2.05, 4.69) is 29.4 Å². The summed E-state index contributed by atoms with van der Waals surface area (Å²) in [5.74, 6) is 0. The van der Waals surface area contributed by atoms with Crippen LogP contribution in [0.4, 0.5) is 0 Å². The highest BCUT2D eigenvalue weighted by Crippen LogP contribution is 2.09. The number of aliphatic imine (C=N–C) groups is 1. The number of nitrogens with zero attached hydrogens (tertiary/aromatic N) is 1. The second kappa shape index (κ2) is 4.54. The summed E-state index contributed by atoms with van der Waals surface area (Å²) in [6.45, 7) is 2.11. The smallest absolute Gasteiger partial charge is 0.0825 e. The van der Waals surface area contributed by atoms with Crippen molar-refractivity contribution in [1.29, 1.82) is 0 Å². The van der Waals surface area contributed by atoms with Crippen molar-refractivity contribution in [2.75, 3.05) is 7.05 Å². The molecule has 12 heavy (non-hydrogen) atoms. The van der Waals surface area contributed by atoms with Crippen LogP contribution in [0.15, 0.2) is 35.3 Å². The summed E-state index contributed by atoms with van der Waals surface area (Å²) in [6, 6.07) is 10.6. The molecule has 1 rings (SSSR count). The molecule has 0 aromatic heterocycles. The number of hydrogen-bond acceptors (Lipinski definition) is 1. The highest BCUT2D eigenvalue weighted by molar-refractivity contribution is 5.54. The summed E-state index contributed by atoms with van der Waals surface area (Å²) in [4.78, 5) is 3.87. The largest absolute Gasteiger partial charge is 0.370 e. The molecule has 2 nitrogen and oxygen atoms in total. The lowest BCUT2D eigenvalue weighted by molar-refractivity contribution is 0.726. The average molecular weight is 162 g/mol. The van der Waals surface area contributed by atoms with Gasteiger partial charge in [0.05, 0.1) is 6.34 Å². The minimum Gasteiger partial charge on any atom is -0.370 e. The van der Waals surface area contributed by atoms with Crippen LogP contribution in [0.5, 0.6) is 0 Å². The van der Waals surface area contributed by atoms with Gasteiger partial charge >= 0.3 is 0 Å². The van der Waals surface area contributed by atoms with Gasteiger partial charge in [-0.15, -0.1) is 0 Å². The first-order valence-electron chi connectivity index (χ1n) is 4.06. The predicted molar refractivity (Wildman–Crippen MR) is 52.4 cm³/mol. The minimum atomic E-state index is 0.329. The minimum absolute atomic E-state index is 0.329. The molecule has 0 saturated heterocycles. The van der Waals surface area contributed by atoms with Crippen LogP contribution in [0, 0.1) is 0 Å². The zero-order valence-corrected chi connectivity index (χ0v) is 7.49. The Morgan fingerprint density at radius 3 is 2.58 bits per heavy atom. The Hall–Kier alpha value is -1.31.